The number of carbonyl (C=O) groups excluding carboxylic acids is 1. The first-order valence-electron chi connectivity index (χ1n) is 9.55. The van der Waals surface area contributed by atoms with Crippen molar-refractivity contribution in [2.45, 2.75) is 52.4 Å². The lowest BCUT2D eigenvalue weighted by Gasteiger charge is -2.34. The Morgan fingerprint density at radius 3 is 2.59 bits per heavy atom. The number of nitrogens with one attached hydrogen (secondary N) is 1. The highest BCUT2D eigenvalue weighted by Crippen LogP contribution is 2.32. The number of hydrogen-bond acceptors (Lipinski definition) is 5. The van der Waals surface area contributed by atoms with E-state index in [0.717, 1.165) is 0 Å². The molecule has 1 saturated heterocycles. The van der Waals surface area contributed by atoms with Gasteiger partial charge in [0.25, 0.3) is 0 Å². The zero-order valence-electron chi connectivity index (χ0n) is 17.2. The molecule has 0 aromatic heterocycles. The molecule has 1 aliphatic heterocycles. The molecule has 0 spiro atoms. The number of piperazine rings is 1. The van der Waals surface area contributed by atoms with Crippen molar-refractivity contribution in [1.82, 2.24) is 10.2 Å². The molecule has 9 heteroatoms. The molecule has 1 fully saturated rings. The molecule has 0 radical (unpaired) electrons. The number of carboxylic acid groups (broad SMARTS) is 1. The highest BCUT2D eigenvalue weighted by Gasteiger charge is 2.28. The number of halogens is 2. The van der Waals surface area contributed by atoms with Crippen molar-refractivity contribution in [3.05, 3.63) is 32.8 Å². The van der Waals surface area contributed by atoms with Gasteiger partial charge in [-0.3, -0.25) is 0 Å². The van der Waals surface area contributed by atoms with E-state index in [1.807, 2.05) is 27.7 Å². The zero-order valence-corrected chi connectivity index (χ0v) is 18.7. The maximum absolute atomic E-state index is 12.3. The first-order valence-corrected chi connectivity index (χ1v) is 10.3. The van der Waals surface area contributed by atoms with Gasteiger partial charge in [0, 0.05) is 36.3 Å². The van der Waals surface area contributed by atoms with Gasteiger partial charge in [-0.05, 0) is 38.8 Å². The van der Waals surface area contributed by atoms with E-state index < -0.39 is 11.6 Å². The molecule has 2 N–H and O–H groups in total. The Bertz CT molecular complexity index is 764. The lowest BCUT2D eigenvalue weighted by molar-refractivity contribution is 0.0126. The number of nitrogens with zero attached hydrogens (tertiary/aromatic N) is 1. The van der Waals surface area contributed by atoms with Gasteiger partial charge in [-0.25, -0.2) is 9.59 Å². The molecule has 1 heterocycles. The maximum atomic E-state index is 12.3. The second-order valence-electron chi connectivity index (χ2n) is 7.93. The number of ether oxygens (including phenoxy) is 2. The van der Waals surface area contributed by atoms with Gasteiger partial charge in [0.2, 0.25) is 0 Å². The molecular formula is C20H28Cl2N2O5. The van der Waals surface area contributed by atoms with Gasteiger partial charge in [0.15, 0.2) is 0 Å². The molecule has 7 nitrogen and oxygen atoms in total. The van der Waals surface area contributed by atoms with Crippen LogP contribution in [-0.2, 0) is 22.5 Å². The molecule has 0 bridgehead atoms. The van der Waals surface area contributed by atoms with Crippen molar-refractivity contribution >= 4 is 35.3 Å². The highest BCUT2D eigenvalue weighted by molar-refractivity contribution is 6.37. The molecule has 1 aromatic rings. The number of amides is 1. The predicted octanol–water partition coefficient (Wildman–Crippen LogP) is 3.98. The average Bonchev–Trinajstić information content (AvgIpc) is 2.62. The quantitative estimate of drug-likeness (QED) is 0.686. The second kappa shape index (κ2) is 9.98. The molecule has 162 valence electrons. The number of carboxylic acids is 1. The summed E-state index contributed by atoms with van der Waals surface area (Å²) in [5, 5.41) is 13.4. The standard InChI is InChI=1S/C20H28Cl2N2O5/c1-5-13-16(21)8-14(18(25)26)15(17(13)22)11-28-10-12-9-24(7-6-23-12)19(27)29-20(2,3)4/h8,12,23H,5-7,9-11H2,1-4H3,(H,25,26). The van der Waals surface area contributed by atoms with Gasteiger partial charge < -0.3 is 24.8 Å². The minimum atomic E-state index is -1.11. The van der Waals surface area contributed by atoms with Crippen molar-refractivity contribution in [3.63, 3.8) is 0 Å². The number of benzene rings is 1. The Labute approximate surface area is 181 Å². The fraction of sp³-hybridized carbons (Fsp3) is 0.600. The van der Waals surface area contributed by atoms with Gasteiger partial charge in [-0.2, -0.15) is 0 Å². The highest BCUT2D eigenvalue weighted by atomic mass is 35.5. The molecule has 0 aliphatic carbocycles. The van der Waals surface area contributed by atoms with Crippen LogP contribution in [0.25, 0.3) is 0 Å². The van der Waals surface area contributed by atoms with Gasteiger partial charge in [0.1, 0.15) is 5.60 Å². The topological polar surface area (TPSA) is 88.1 Å². The van der Waals surface area contributed by atoms with E-state index in [9.17, 15) is 14.7 Å². The molecule has 1 unspecified atom stereocenters. The minimum Gasteiger partial charge on any atom is -0.478 e. The molecule has 1 aromatic carbocycles. The van der Waals surface area contributed by atoms with Gasteiger partial charge >= 0.3 is 12.1 Å². The fourth-order valence-corrected chi connectivity index (χ4v) is 3.87. The van der Waals surface area contributed by atoms with Crippen LogP contribution in [0.15, 0.2) is 6.07 Å². The fourth-order valence-electron chi connectivity index (χ4n) is 3.09. The number of rotatable bonds is 6. The van der Waals surface area contributed by atoms with Crippen molar-refractivity contribution in [1.29, 1.82) is 0 Å². The Kier molecular flexibility index (Phi) is 8.17. The summed E-state index contributed by atoms with van der Waals surface area (Å²) in [5.41, 5.74) is 0.581. The summed E-state index contributed by atoms with van der Waals surface area (Å²) >= 11 is 12.5. The first-order chi connectivity index (χ1) is 13.5. The maximum Gasteiger partial charge on any atom is 0.410 e. The van der Waals surface area contributed by atoms with Crippen LogP contribution < -0.4 is 5.32 Å². The minimum absolute atomic E-state index is 0.0317. The predicted molar refractivity (Wildman–Crippen MR) is 112 cm³/mol. The summed E-state index contributed by atoms with van der Waals surface area (Å²) in [6, 6.07) is 1.32. The Balaban J connectivity index is 2.01. The van der Waals surface area contributed by atoms with Gasteiger partial charge in [-0.15, -0.1) is 0 Å². The summed E-state index contributed by atoms with van der Waals surface area (Å²) in [7, 11) is 0. The van der Waals surface area contributed by atoms with Crippen LogP contribution in [0.1, 0.15) is 49.2 Å². The van der Waals surface area contributed by atoms with Crippen molar-refractivity contribution < 1.29 is 24.2 Å². The number of carbonyl (C=O) groups is 2. The second-order valence-corrected chi connectivity index (χ2v) is 8.71. The lowest BCUT2D eigenvalue weighted by Crippen LogP contribution is -2.55. The number of hydrogen-bond donors (Lipinski definition) is 2. The van der Waals surface area contributed by atoms with Crippen molar-refractivity contribution in [3.8, 4) is 0 Å². The molecule has 29 heavy (non-hydrogen) atoms. The van der Waals surface area contributed by atoms with E-state index in [0.29, 0.717) is 53.8 Å². The third-order valence-corrected chi connectivity index (χ3v) is 5.26. The summed E-state index contributed by atoms with van der Waals surface area (Å²) in [4.78, 5) is 25.5. The molecule has 2 rings (SSSR count). The van der Waals surface area contributed by atoms with Crippen molar-refractivity contribution in [2.75, 3.05) is 26.2 Å². The Morgan fingerprint density at radius 2 is 2.00 bits per heavy atom. The Hall–Kier alpha value is -1.54. The van der Waals surface area contributed by atoms with E-state index in [-0.39, 0.29) is 24.3 Å². The van der Waals surface area contributed by atoms with Crippen LogP contribution in [0.5, 0.6) is 0 Å². The molecule has 1 atom stereocenters. The Morgan fingerprint density at radius 1 is 1.31 bits per heavy atom. The van der Waals surface area contributed by atoms with Crippen LogP contribution in [0.4, 0.5) is 4.79 Å². The molecule has 0 saturated carbocycles. The summed E-state index contributed by atoms with van der Waals surface area (Å²) in [5.74, 6) is -1.11. The smallest absolute Gasteiger partial charge is 0.410 e. The van der Waals surface area contributed by atoms with E-state index in [1.165, 1.54) is 6.07 Å². The van der Waals surface area contributed by atoms with Crippen LogP contribution in [0.2, 0.25) is 10.0 Å². The van der Waals surface area contributed by atoms with Crippen LogP contribution in [0.3, 0.4) is 0 Å². The third kappa shape index (κ3) is 6.47. The zero-order chi connectivity index (χ0) is 21.8. The average molecular weight is 447 g/mol. The monoisotopic (exact) mass is 446 g/mol. The van der Waals surface area contributed by atoms with Crippen LogP contribution in [0, 0.1) is 0 Å². The largest absolute Gasteiger partial charge is 0.478 e. The van der Waals surface area contributed by atoms with E-state index in [2.05, 4.69) is 5.32 Å². The summed E-state index contributed by atoms with van der Waals surface area (Å²) < 4.78 is 11.2. The van der Waals surface area contributed by atoms with E-state index >= 15 is 0 Å². The van der Waals surface area contributed by atoms with E-state index in [1.54, 1.807) is 4.90 Å². The normalized spacial score (nSPS) is 17.3. The summed E-state index contributed by atoms with van der Waals surface area (Å²) in [6.07, 6.45) is 0.227. The molecule has 1 amide bonds. The SMILES string of the molecule is CCc1c(Cl)cc(C(=O)O)c(COCC2CN(C(=O)OC(C)(C)C)CCN2)c1Cl. The third-order valence-electron chi connectivity index (χ3n) is 4.47. The van der Waals surface area contributed by atoms with Gasteiger partial charge in [-0.1, -0.05) is 30.1 Å². The van der Waals surface area contributed by atoms with Crippen LogP contribution >= 0.6 is 23.2 Å². The molecular weight excluding hydrogens is 419 g/mol. The van der Waals surface area contributed by atoms with Crippen LogP contribution in [-0.4, -0.2) is 60.0 Å². The van der Waals surface area contributed by atoms with E-state index in [4.69, 9.17) is 32.7 Å². The van der Waals surface area contributed by atoms with Gasteiger partial charge in [0.05, 0.1) is 23.8 Å². The number of aromatic carboxylic acids is 1. The van der Waals surface area contributed by atoms with Crippen molar-refractivity contribution in [2.24, 2.45) is 0 Å². The molecule has 1 aliphatic rings. The lowest BCUT2D eigenvalue weighted by atomic mass is 10.0. The summed E-state index contributed by atoms with van der Waals surface area (Å²) in [6.45, 7) is 9.32. The first kappa shape index (κ1) is 23.7.